The molecule has 2 N–H and O–H groups in total. The van der Waals surface area contributed by atoms with Gasteiger partial charge >= 0.3 is 11.9 Å². The molecule has 0 aromatic carbocycles. The summed E-state index contributed by atoms with van der Waals surface area (Å²) in [5.74, 6) is -3.98. The van der Waals surface area contributed by atoms with Gasteiger partial charge in [-0.15, -0.1) is 0 Å². The van der Waals surface area contributed by atoms with Gasteiger partial charge in [-0.2, -0.15) is 0 Å². The highest BCUT2D eigenvalue weighted by atomic mass is 16.7. The number of carbonyl (C=O) groups excluding carboxylic acids is 1. The van der Waals surface area contributed by atoms with Crippen molar-refractivity contribution in [3.8, 4) is 0 Å². The first-order chi connectivity index (χ1) is 12.8. The van der Waals surface area contributed by atoms with E-state index in [2.05, 4.69) is 6.92 Å². The number of unbranched alkanes of at least 4 members (excludes halogenated alkanes) is 2. The molecular formula is C20H33NO7. The zero-order chi connectivity index (χ0) is 21.4. The summed E-state index contributed by atoms with van der Waals surface area (Å²) in [5.41, 5.74) is -3.28. The number of hydrogen-bond acceptors (Lipinski definition) is 5. The van der Waals surface area contributed by atoms with Crippen molar-refractivity contribution in [2.45, 2.75) is 90.0 Å². The predicted molar refractivity (Wildman–Crippen MR) is 101 cm³/mol. The first kappa shape index (κ1) is 22.6. The number of aliphatic carboxylic acids is 2. The lowest BCUT2D eigenvalue weighted by molar-refractivity contribution is -0.333. The molecule has 8 nitrogen and oxygen atoms in total. The molecule has 2 fully saturated rings. The van der Waals surface area contributed by atoms with Crippen LogP contribution in [0, 0.1) is 5.41 Å². The van der Waals surface area contributed by atoms with Gasteiger partial charge in [0.1, 0.15) is 0 Å². The van der Waals surface area contributed by atoms with Crippen molar-refractivity contribution in [1.82, 2.24) is 4.90 Å². The van der Waals surface area contributed by atoms with Gasteiger partial charge in [0.15, 0.2) is 5.79 Å². The van der Waals surface area contributed by atoms with Crippen molar-refractivity contribution in [2.75, 3.05) is 13.2 Å². The molecule has 0 bridgehead atoms. The summed E-state index contributed by atoms with van der Waals surface area (Å²) in [6, 6.07) is 0. The summed E-state index contributed by atoms with van der Waals surface area (Å²) >= 11 is 0. The summed E-state index contributed by atoms with van der Waals surface area (Å²) in [7, 11) is 0. The summed E-state index contributed by atoms with van der Waals surface area (Å²) in [6.45, 7) is 8.93. The van der Waals surface area contributed by atoms with Crippen molar-refractivity contribution in [3.63, 3.8) is 0 Å². The van der Waals surface area contributed by atoms with Crippen LogP contribution in [0.1, 0.15) is 73.1 Å². The number of carbonyl (C=O) groups is 3. The Morgan fingerprint density at radius 2 is 1.36 bits per heavy atom. The Morgan fingerprint density at radius 1 is 0.893 bits per heavy atom. The molecule has 0 unspecified atom stereocenters. The number of piperidine rings is 1. The number of carboxylic acids is 2. The van der Waals surface area contributed by atoms with E-state index in [0.717, 1.165) is 19.3 Å². The van der Waals surface area contributed by atoms with Gasteiger partial charge in [0, 0.05) is 30.3 Å². The molecule has 1 amide bonds. The van der Waals surface area contributed by atoms with Gasteiger partial charge in [0.25, 0.3) is 0 Å². The Balaban J connectivity index is 2.21. The average Bonchev–Trinajstić information content (AvgIpc) is 2.52. The lowest BCUT2D eigenvalue weighted by Gasteiger charge is -2.60. The van der Waals surface area contributed by atoms with E-state index in [4.69, 9.17) is 9.47 Å². The van der Waals surface area contributed by atoms with Crippen LogP contribution in [0.4, 0.5) is 0 Å². The fraction of sp³-hybridized carbons (Fsp3) is 0.850. The molecule has 0 radical (unpaired) electrons. The highest BCUT2D eigenvalue weighted by Crippen LogP contribution is 2.49. The maximum absolute atomic E-state index is 12.9. The normalized spacial score (nSPS) is 24.7. The highest BCUT2D eigenvalue weighted by molar-refractivity contribution is 5.98. The number of amides is 1. The number of ether oxygens (including phenoxy) is 2. The molecular weight excluding hydrogens is 366 g/mol. The van der Waals surface area contributed by atoms with Gasteiger partial charge in [-0.1, -0.05) is 19.8 Å². The summed E-state index contributed by atoms with van der Waals surface area (Å²) < 4.78 is 11.6. The molecule has 2 aliphatic rings. The van der Waals surface area contributed by atoms with Crippen LogP contribution in [-0.4, -0.2) is 63.0 Å². The van der Waals surface area contributed by atoms with Crippen LogP contribution >= 0.6 is 0 Å². The van der Waals surface area contributed by atoms with Crippen molar-refractivity contribution < 1.29 is 34.1 Å². The Kier molecular flexibility index (Phi) is 6.16. The van der Waals surface area contributed by atoms with Crippen molar-refractivity contribution in [3.05, 3.63) is 0 Å². The molecule has 2 saturated heterocycles. The second kappa shape index (κ2) is 7.63. The monoisotopic (exact) mass is 399 g/mol. The smallest absolute Gasteiger partial charge is 0.325 e. The van der Waals surface area contributed by atoms with Crippen molar-refractivity contribution >= 4 is 17.8 Å². The Labute approximate surface area is 166 Å². The first-order valence-electron chi connectivity index (χ1n) is 9.90. The largest absolute Gasteiger partial charge is 0.480 e. The minimum Gasteiger partial charge on any atom is -0.480 e. The molecule has 0 atom stereocenters. The molecule has 0 aliphatic carbocycles. The van der Waals surface area contributed by atoms with E-state index in [9.17, 15) is 24.6 Å². The van der Waals surface area contributed by atoms with E-state index >= 15 is 0 Å². The molecule has 0 saturated carbocycles. The Hall–Kier alpha value is -1.67. The molecule has 1 spiro atoms. The fourth-order valence-corrected chi connectivity index (χ4v) is 4.81. The first-order valence-corrected chi connectivity index (χ1v) is 9.90. The molecule has 28 heavy (non-hydrogen) atoms. The Morgan fingerprint density at radius 3 is 1.75 bits per heavy atom. The third kappa shape index (κ3) is 4.03. The summed E-state index contributed by atoms with van der Waals surface area (Å²) in [6.07, 6.45) is 4.06. The number of carboxylic acid groups (broad SMARTS) is 2. The van der Waals surface area contributed by atoms with Gasteiger partial charge in [-0.3, -0.25) is 14.4 Å². The van der Waals surface area contributed by atoms with Crippen LogP contribution in [0.15, 0.2) is 0 Å². The maximum atomic E-state index is 12.9. The topological polar surface area (TPSA) is 113 Å². The van der Waals surface area contributed by atoms with Crippen LogP contribution in [0.3, 0.4) is 0 Å². The number of likely N-dealkylation sites (tertiary alicyclic amines) is 1. The molecule has 0 aromatic rings. The summed E-state index contributed by atoms with van der Waals surface area (Å²) in [5, 5.41) is 18.8. The van der Waals surface area contributed by atoms with E-state index in [1.165, 1.54) is 0 Å². The minimum absolute atomic E-state index is 0.0829. The van der Waals surface area contributed by atoms with Crippen LogP contribution < -0.4 is 0 Å². The maximum Gasteiger partial charge on any atom is 0.325 e. The van der Waals surface area contributed by atoms with E-state index in [-0.39, 0.29) is 5.91 Å². The lowest BCUT2D eigenvalue weighted by Crippen LogP contribution is -2.70. The highest BCUT2D eigenvalue weighted by Gasteiger charge is 2.61. The molecule has 0 aromatic heterocycles. The zero-order valence-corrected chi connectivity index (χ0v) is 17.5. The zero-order valence-electron chi connectivity index (χ0n) is 17.5. The van der Waals surface area contributed by atoms with Crippen LogP contribution in [-0.2, 0) is 23.9 Å². The van der Waals surface area contributed by atoms with Crippen molar-refractivity contribution in [2.24, 2.45) is 5.41 Å². The van der Waals surface area contributed by atoms with Crippen molar-refractivity contribution in [1.29, 1.82) is 0 Å². The number of nitrogens with zero attached hydrogens (tertiary/aromatic N) is 1. The van der Waals surface area contributed by atoms with E-state index in [1.54, 1.807) is 0 Å². The van der Waals surface area contributed by atoms with Gasteiger partial charge in [-0.25, -0.2) is 0 Å². The Bertz CT molecular complexity index is 596. The molecule has 8 heteroatoms. The molecule has 2 aliphatic heterocycles. The molecule has 2 heterocycles. The third-order valence-electron chi connectivity index (χ3n) is 5.84. The predicted octanol–water partition coefficient (Wildman–Crippen LogP) is 2.64. The lowest BCUT2D eigenvalue weighted by atomic mass is 9.74. The molecule has 2 rings (SSSR count). The SMILES string of the molecule is CCCCCC(=O)N1C(C)(C)CC2(CC1(C)C)OCC(C(=O)O)(C(=O)O)CO2. The fourth-order valence-electron chi connectivity index (χ4n) is 4.81. The second-order valence-electron chi connectivity index (χ2n) is 9.35. The minimum atomic E-state index is -2.10. The quantitative estimate of drug-likeness (QED) is 0.521. The standard InChI is InChI=1S/C20H33NO7/c1-6-7-8-9-14(22)21-17(2,3)10-20(11-18(21,4)5)27-12-19(13-28-20,15(23)24)16(25)26/h6-13H2,1-5H3,(H,23,24)(H,25,26). The van der Waals surface area contributed by atoms with E-state index in [0.29, 0.717) is 19.3 Å². The van der Waals surface area contributed by atoms with Gasteiger partial charge in [0.05, 0.1) is 13.2 Å². The summed E-state index contributed by atoms with van der Waals surface area (Å²) in [4.78, 5) is 37.9. The van der Waals surface area contributed by atoms with Gasteiger partial charge in [0.2, 0.25) is 11.3 Å². The number of hydrogen-bond donors (Lipinski definition) is 2. The van der Waals surface area contributed by atoms with Gasteiger partial charge < -0.3 is 24.6 Å². The van der Waals surface area contributed by atoms with Crippen LogP contribution in [0.25, 0.3) is 0 Å². The van der Waals surface area contributed by atoms with E-state index in [1.807, 2.05) is 32.6 Å². The molecule has 160 valence electrons. The number of rotatable bonds is 6. The second-order valence-corrected chi connectivity index (χ2v) is 9.35. The van der Waals surface area contributed by atoms with Gasteiger partial charge in [-0.05, 0) is 34.1 Å². The third-order valence-corrected chi connectivity index (χ3v) is 5.84. The van der Waals surface area contributed by atoms with Crippen LogP contribution in [0.5, 0.6) is 0 Å². The average molecular weight is 399 g/mol. The van der Waals surface area contributed by atoms with E-state index < -0.39 is 47.4 Å². The van der Waals surface area contributed by atoms with Crippen LogP contribution in [0.2, 0.25) is 0 Å².